The fourth-order valence-corrected chi connectivity index (χ4v) is 4.42. The third-order valence-corrected chi connectivity index (χ3v) is 6.08. The monoisotopic (exact) mass is 412 g/mol. The second-order valence-corrected chi connectivity index (χ2v) is 8.52. The highest BCUT2D eigenvalue weighted by molar-refractivity contribution is 8.00. The number of halogens is 1. The number of hydrogen-bond donors (Lipinski definition) is 0. The van der Waals surface area contributed by atoms with E-state index in [0.29, 0.717) is 10.2 Å². The van der Waals surface area contributed by atoms with Gasteiger partial charge in [-0.25, -0.2) is 0 Å². The third-order valence-electron chi connectivity index (χ3n) is 4.80. The number of carbonyl (C=O) groups excluding carboxylic acids is 1. The van der Waals surface area contributed by atoms with E-state index in [1.165, 1.54) is 11.8 Å². The highest BCUT2D eigenvalue weighted by atomic mass is 35.5. The highest BCUT2D eigenvalue weighted by Gasteiger charge is 2.26. The molecule has 1 saturated heterocycles. The van der Waals surface area contributed by atoms with Crippen LogP contribution in [-0.4, -0.2) is 43.9 Å². The molecule has 0 N–H and O–H groups in total. The molecule has 144 valence electrons. The number of para-hydroxylation sites is 1. The van der Waals surface area contributed by atoms with Gasteiger partial charge in [0.2, 0.25) is 5.91 Å². The summed E-state index contributed by atoms with van der Waals surface area (Å²) in [5.74, 6) is 0.893. The normalized spacial score (nSPS) is 15.0. The molecule has 1 aliphatic rings. The average molecular weight is 413 g/mol. The Balaban J connectivity index is 1.69. The van der Waals surface area contributed by atoms with Crippen LogP contribution in [0.5, 0.6) is 0 Å². The van der Waals surface area contributed by atoms with E-state index < -0.39 is 0 Å². The maximum atomic E-state index is 12.7. The molecule has 0 radical (unpaired) electrons. The van der Waals surface area contributed by atoms with Gasteiger partial charge >= 0.3 is 0 Å². The van der Waals surface area contributed by atoms with E-state index in [1.54, 1.807) is 0 Å². The van der Waals surface area contributed by atoms with Gasteiger partial charge in [-0.1, -0.05) is 41.6 Å². The summed E-state index contributed by atoms with van der Waals surface area (Å²) in [6.45, 7) is 3.65. The van der Waals surface area contributed by atoms with Crippen molar-refractivity contribution in [3.8, 4) is 17.1 Å². The second kappa shape index (κ2) is 8.37. The lowest BCUT2D eigenvalue weighted by Gasteiger charge is -2.20. The van der Waals surface area contributed by atoms with Crippen LogP contribution in [0.4, 0.5) is 0 Å². The maximum absolute atomic E-state index is 12.7. The van der Waals surface area contributed by atoms with Crippen LogP contribution >= 0.6 is 23.4 Å². The molecule has 28 heavy (non-hydrogen) atoms. The SMILES string of the molecule is C[C@H](Sc1nnc(-c2ccc(Cl)cc2)n1-c1ccccc1)C(=O)N1CCCC1. The number of nitrogens with zero attached hydrogens (tertiary/aromatic N) is 4. The Hall–Kier alpha value is -2.31. The van der Waals surface area contributed by atoms with Gasteiger partial charge in [0.15, 0.2) is 11.0 Å². The minimum atomic E-state index is -0.220. The van der Waals surface area contributed by atoms with Gasteiger partial charge < -0.3 is 4.90 Å². The van der Waals surface area contributed by atoms with Gasteiger partial charge in [-0.15, -0.1) is 10.2 Å². The maximum Gasteiger partial charge on any atom is 0.235 e. The number of amides is 1. The Morgan fingerprint density at radius 3 is 2.39 bits per heavy atom. The van der Waals surface area contributed by atoms with Gasteiger partial charge in [-0.3, -0.25) is 9.36 Å². The van der Waals surface area contributed by atoms with Gasteiger partial charge in [0.25, 0.3) is 0 Å². The van der Waals surface area contributed by atoms with Crippen molar-refractivity contribution in [3.63, 3.8) is 0 Å². The van der Waals surface area contributed by atoms with Crippen LogP contribution in [0.3, 0.4) is 0 Å². The molecular weight excluding hydrogens is 392 g/mol. The van der Waals surface area contributed by atoms with Gasteiger partial charge in [0, 0.05) is 29.4 Å². The average Bonchev–Trinajstić information content (AvgIpc) is 3.39. The molecule has 0 unspecified atom stereocenters. The fraction of sp³-hybridized carbons (Fsp3) is 0.286. The molecule has 2 aromatic carbocycles. The van der Waals surface area contributed by atoms with Crippen molar-refractivity contribution >= 4 is 29.3 Å². The van der Waals surface area contributed by atoms with Gasteiger partial charge in [-0.05, 0) is 56.2 Å². The summed E-state index contributed by atoms with van der Waals surface area (Å²) in [4.78, 5) is 14.7. The van der Waals surface area contributed by atoms with Crippen molar-refractivity contribution in [3.05, 3.63) is 59.6 Å². The van der Waals surface area contributed by atoms with Crippen LogP contribution in [0.2, 0.25) is 5.02 Å². The molecule has 2 heterocycles. The molecule has 4 rings (SSSR count). The smallest absolute Gasteiger partial charge is 0.235 e. The van der Waals surface area contributed by atoms with E-state index in [-0.39, 0.29) is 11.2 Å². The Kier molecular flexibility index (Phi) is 5.69. The number of aromatic nitrogens is 3. The summed E-state index contributed by atoms with van der Waals surface area (Å²) in [6, 6.07) is 17.5. The van der Waals surface area contributed by atoms with Crippen LogP contribution in [0.25, 0.3) is 17.1 Å². The zero-order valence-corrected chi connectivity index (χ0v) is 17.2. The standard InChI is InChI=1S/C21H21ClN4OS/c1-15(20(27)25-13-5-6-14-25)28-21-24-23-19(16-9-11-17(22)12-10-16)26(21)18-7-3-2-4-8-18/h2-4,7-12,15H,5-6,13-14H2,1H3/t15-/m0/s1. The van der Waals surface area contributed by atoms with Crippen LogP contribution in [-0.2, 0) is 4.79 Å². The lowest BCUT2D eigenvalue weighted by atomic mass is 10.2. The first-order valence-corrected chi connectivity index (χ1v) is 10.6. The molecular formula is C21H21ClN4OS. The number of rotatable bonds is 5. The summed E-state index contributed by atoms with van der Waals surface area (Å²) in [6.07, 6.45) is 2.17. The molecule has 5 nitrogen and oxygen atoms in total. The predicted molar refractivity (Wildman–Crippen MR) is 113 cm³/mol. The third kappa shape index (κ3) is 3.93. The fourth-order valence-electron chi connectivity index (χ4n) is 3.35. The Bertz CT molecular complexity index is 952. The lowest BCUT2D eigenvalue weighted by Crippen LogP contribution is -2.34. The van der Waals surface area contributed by atoms with E-state index in [0.717, 1.165) is 43.0 Å². The molecule has 0 saturated carbocycles. The number of carbonyl (C=O) groups is 1. The minimum absolute atomic E-state index is 0.165. The van der Waals surface area contributed by atoms with E-state index in [9.17, 15) is 4.79 Å². The van der Waals surface area contributed by atoms with Crippen molar-refractivity contribution in [2.45, 2.75) is 30.2 Å². The second-order valence-electron chi connectivity index (χ2n) is 6.78. The summed E-state index contributed by atoms with van der Waals surface area (Å²) >= 11 is 7.49. The molecule has 0 aliphatic carbocycles. The first kappa shape index (κ1) is 19.0. The van der Waals surface area contributed by atoms with Crippen LogP contribution in [0, 0.1) is 0 Å². The number of thioether (sulfide) groups is 1. The summed E-state index contributed by atoms with van der Waals surface area (Å²) in [5.41, 5.74) is 1.88. The van der Waals surface area contributed by atoms with Crippen molar-refractivity contribution < 1.29 is 4.79 Å². The van der Waals surface area contributed by atoms with Crippen LogP contribution in [0.1, 0.15) is 19.8 Å². The molecule has 1 atom stereocenters. The Morgan fingerprint density at radius 2 is 1.71 bits per heavy atom. The first-order chi connectivity index (χ1) is 13.6. The number of hydrogen-bond acceptors (Lipinski definition) is 4. The largest absolute Gasteiger partial charge is 0.342 e. The van der Waals surface area contributed by atoms with Crippen LogP contribution < -0.4 is 0 Å². The van der Waals surface area contributed by atoms with Gasteiger partial charge in [0.1, 0.15) is 0 Å². The summed E-state index contributed by atoms with van der Waals surface area (Å²) in [7, 11) is 0. The summed E-state index contributed by atoms with van der Waals surface area (Å²) < 4.78 is 2.00. The highest BCUT2D eigenvalue weighted by Crippen LogP contribution is 2.31. The zero-order chi connectivity index (χ0) is 19.5. The summed E-state index contributed by atoms with van der Waals surface area (Å²) in [5, 5.41) is 10.00. The predicted octanol–water partition coefficient (Wildman–Crippen LogP) is 4.69. The van der Waals surface area contributed by atoms with Crippen molar-refractivity contribution in [2.24, 2.45) is 0 Å². The molecule has 3 aromatic rings. The molecule has 1 fully saturated rings. The molecule has 1 aliphatic heterocycles. The first-order valence-electron chi connectivity index (χ1n) is 9.36. The van der Waals surface area contributed by atoms with E-state index >= 15 is 0 Å². The van der Waals surface area contributed by atoms with Crippen molar-refractivity contribution in [1.29, 1.82) is 0 Å². The molecule has 0 spiro atoms. The molecule has 0 bridgehead atoms. The number of likely N-dealkylation sites (tertiary alicyclic amines) is 1. The quantitative estimate of drug-likeness (QED) is 0.570. The van der Waals surface area contributed by atoms with E-state index in [2.05, 4.69) is 10.2 Å². The Labute approximate surface area is 173 Å². The van der Waals surface area contributed by atoms with Crippen molar-refractivity contribution in [2.75, 3.05) is 13.1 Å². The molecule has 7 heteroatoms. The topological polar surface area (TPSA) is 51.0 Å². The van der Waals surface area contributed by atoms with E-state index in [1.807, 2.05) is 71.0 Å². The van der Waals surface area contributed by atoms with Crippen molar-refractivity contribution in [1.82, 2.24) is 19.7 Å². The Morgan fingerprint density at radius 1 is 1.04 bits per heavy atom. The van der Waals surface area contributed by atoms with Crippen LogP contribution in [0.15, 0.2) is 59.8 Å². The van der Waals surface area contributed by atoms with E-state index in [4.69, 9.17) is 11.6 Å². The lowest BCUT2D eigenvalue weighted by molar-refractivity contribution is -0.129. The number of benzene rings is 2. The zero-order valence-electron chi connectivity index (χ0n) is 15.6. The molecule has 1 amide bonds. The van der Waals surface area contributed by atoms with Gasteiger partial charge in [-0.2, -0.15) is 0 Å². The minimum Gasteiger partial charge on any atom is -0.342 e. The molecule has 1 aromatic heterocycles. The van der Waals surface area contributed by atoms with Gasteiger partial charge in [0.05, 0.1) is 5.25 Å².